The van der Waals surface area contributed by atoms with Crippen molar-refractivity contribution >= 4 is 22.8 Å². The summed E-state index contributed by atoms with van der Waals surface area (Å²) in [5.74, 6) is 0.642. The van der Waals surface area contributed by atoms with Crippen molar-refractivity contribution in [2.24, 2.45) is 10.7 Å². The van der Waals surface area contributed by atoms with Gasteiger partial charge in [-0.25, -0.2) is 0 Å². The lowest BCUT2D eigenvalue weighted by Gasteiger charge is -2.26. The number of nitrogens with two attached hydrogens (primary N) is 1. The Morgan fingerprint density at radius 2 is 2.50 bits per heavy atom. The molecule has 1 aliphatic heterocycles. The highest BCUT2D eigenvalue weighted by Crippen LogP contribution is 2.19. The second-order valence-corrected chi connectivity index (χ2v) is 4.78. The molecule has 3 N–H and O–H groups in total. The highest BCUT2D eigenvalue weighted by atomic mass is 32.2. The van der Waals surface area contributed by atoms with Gasteiger partial charge in [0.25, 0.3) is 0 Å². The molecule has 4 nitrogen and oxygen atoms in total. The highest BCUT2D eigenvalue weighted by Gasteiger charge is 2.31. The lowest BCUT2D eigenvalue weighted by atomic mass is 9.99. The lowest BCUT2D eigenvalue weighted by molar-refractivity contribution is -0.123. The highest BCUT2D eigenvalue weighted by molar-refractivity contribution is 8.14. The van der Waals surface area contributed by atoms with Crippen molar-refractivity contribution in [1.29, 1.82) is 0 Å². The fourth-order valence-electron chi connectivity index (χ4n) is 1.10. The molecule has 0 saturated carbocycles. The van der Waals surface area contributed by atoms with Crippen molar-refractivity contribution in [3.8, 4) is 0 Å². The largest absolute Gasteiger partial charge is 0.368 e. The summed E-state index contributed by atoms with van der Waals surface area (Å²) in [4.78, 5) is 15.6. The topological polar surface area (TPSA) is 67.5 Å². The van der Waals surface area contributed by atoms with Gasteiger partial charge >= 0.3 is 0 Å². The quantitative estimate of drug-likeness (QED) is 0.729. The van der Waals surface area contributed by atoms with Gasteiger partial charge in [0, 0.05) is 5.75 Å². The predicted octanol–water partition coefficient (Wildman–Crippen LogP) is 0.721. The van der Waals surface area contributed by atoms with Crippen LogP contribution in [0, 0.1) is 0 Å². The average Bonchev–Trinajstić information content (AvgIpc) is 2.50. The molecule has 1 aliphatic rings. The minimum Gasteiger partial charge on any atom is -0.368 e. The number of amides is 1. The Kier molecular flexibility index (Phi) is 3.42. The molecule has 0 aromatic rings. The Morgan fingerprint density at radius 1 is 1.86 bits per heavy atom. The maximum absolute atomic E-state index is 11.2. The van der Waals surface area contributed by atoms with Crippen LogP contribution in [-0.2, 0) is 4.79 Å². The van der Waals surface area contributed by atoms with E-state index in [0.29, 0.717) is 12.5 Å². The number of carbonyl (C=O) groups excluding carboxylic acids is 1. The first-order chi connectivity index (χ1) is 6.48. The first-order valence-electron chi connectivity index (χ1n) is 4.76. The average molecular weight is 215 g/mol. The van der Waals surface area contributed by atoms with Crippen LogP contribution in [0.4, 0.5) is 0 Å². The number of primary amides is 1. The number of nitrogens with one attached hydrogen (secondary N) is 1. The molecule has 2 unspecified atom stereocenters. The van der Waals surface area contributed by atoms with Crippen molar-refractivity contribution in [3.63, 3.8) is 0 Å². The first-order valence-corrected chi connectivity index (χ1v) is 5.75. The molecule has 0 aliphatic carbocycles. The van der Waals surface area contributed by atoms with Gasteiger partial charge < -0.3 is 11.1 Å². The number of rotatable bonds is 3. The van der Waals surface area contributed by atoms with E-state index in [1.54, 1.807) is 18.7 Å². The Balaban J connectivity index is 2.66. The monoisotopic (exact) mass is 215 g/mol. The maximum Gasteiger partial charge on any atom is 0.242 e. The molecule has 14 heavy (non-hydrogen) atoms. The van der Waals surface area contributed by atoms with Crippen LogP contribution in [0.25, 0.3) is 0 Å². The summed E-state index contributed by atoms with van der Waals surface area (Å²) in [6.45, 7) is 5.79. The summed E-state index contributed by atoms with van der Waals surface area (Å²) < 4.78 is 0. The van der Waals surface area contributed by atoms with Crippen molar-refractivity contribution < 1.29 is 4.79 Å². The number of aliphatic imine (C=N–C) groups is 1. The van der Waals surface area contributed by atoms with Gasteiger partial charge in [0.05, 0.1) is 6.04 Å². The maximum atomic E-state index is 11.2. The normalized spacial score (nSPS) is 25.4. The molecule has 0 aromatic heterocycles. The summed E-state index contributed by atoms with van der Waals surface area (Å²) >= 11 is 1.64. The van der Waals surface area contributed by atoms with E-state index in [0.717, 1.165) is 10.9 Å². The molecule has 0 fully saturated rings. The lowest BCUT2D eigenvalue weighted by Crippen LogP contribution is -2.54. The van der Waals surface area contributed by atoms with Crippen LogP contribution in [0.15, 0.2) is 4.99 Å². The van der Waals surface area contributed by atoms with Gasteiger partial charge in [-0.05, 0) is 20.3 Å². The van der Waals surface area contributed by atoms with Crippen LogP contribution < -0.4 is 11.1 Å². The Bertz CT molecular complexity index is 267. The predicted molar refractivity (Wildman–Crippen MR) is 60.4 cm³/mol. The van der Waals surface area contributed by atoms with Crippen LogP contribution in [-0.4, -0.2) is 28.4 Å². The Labute approximate surface area is 88.7 Å². The SMILES string of the molecule is CCC(C)(NC1=NC(C)CS1)C(N)=O. The van der Waals surface area contributed by atoms with Crippen LogP contribution >= 0.6 is 11.8 Å². The molecule has 1 rings (SSSR count). The third-order valence-electron chi connectivity index (χ3n) is 2.43. The zero-order valence-corrected chi connectivity index (χ0v) is 9.65. The van der Waals surface area contributed by atoms with Gasteiger partial charge in [-0.3, -0.25) is 9.79 Å². The van der Waals surface area contributed by atoms with Crippen LogP contribution in [0.3, 0.4) is 0 Å². The van der Waals surface area contributed by atoms with Crippen molar-refractivity contribution in [3.05, 3.63) is 0 Å². The minimum atomic E-state index is -0.671. The zero-order valence-electron chi connectivity index (χ0n) is 8.83. The van der Waals surface area contributed by atoms with Crippen molar-refractivity contribution in [2.75, 3.05) is 5.75 Å². The standard InChI is InChI=1S/C9H17N3OS/c1-4-9(3,7(10)13)12-8-11-6(2)5-14-8/h6H,4-5H2,1-3H3,(H2,10,13)(H,11,12). The van der Waals surface area contributed by atoms with E-state index in [1.165, 1.54) is 0 Å². The molecule has 1 amide bonds. The Hall–Kier alpha value is -0.710. The molecule has 0 saturated heterocycles. The smallest absolute Gasteiger partial charge is 0.242 e. The number of amidine groups is 1. The molecular weight excluding hydrogens is 198 g/mol. The molecule has 5 heteroatoms. The minimum absolute atomic E-state index is 0.330. The molecule has 0 radical (unpaired) electrons. The molecule has 1 heterocycles. The van der Waals surface area contributed by atoms with E-state index in [9.17, 15) is 4.79 Å². The summed E-state index contributed by atoms with van der Waals surface area (Å²) in [6, 6.07) is 0.330. The Morgan fingerprint density at radius 3 is 2.86 bits per heavy atom. The van der Waals surface area contributed by atoms with E-state index in [-0.39, 0.29) is 5.91 Å². The third-order valence-corrected chi connectivity index (χ3v) is 3.56. The summed E-state index contributed by atoms with van der Waals surface area (Å²) in [7, 11) is 0. The van der Waals surface area contributed by atoms with Gasteiger partial charge in [0.1, 0.15) is 5.54 Å². The number of carbonyl (C=O) groups is 1. The summed E-state index contributed by atoms with van der Waals surface area (Å²) in [6.07, 6.45) is 0.663. The molecule has 0 spiro atoms. The van der Waals surface area contributed by atoms with E-state index < -0.39 is 5.54 Å². The van der Waals surface area contributed by atoms with E-state index in [2.05, 4.69) is 17.2 Å². The van der Waals surface area contributed by atoms with E-state index in [4.69, 9.17) is 5.73 Å². The summed E-state index contributed by atoms with van der Waals surface area (Å²) in [5, 5.41) is 3.94. The van der Waals surface area contributed by atoms with Crippen molar-refractivity contribution in [2.45, 2.75) is 38.8 Å². The number of nitrogens with zero attached hydrogens (tertiary/aromatic N) is 1. The van der Waals surface area contributed by atoms with Gasteiger partial charge in [-0.2, -0.15) is 0 Å². The van der Waals surface area contributed by atoms with Crippen LogP contribution in [0.5, 0.6) is 0 Å². The molecule has 0 bridgehead atoms. The second-order valence-electron chi connectivity index (χ2n) is 3.77. The van der Waals surface area contributed by atoms with Gasteiger partial charge in [0.15, 0.2) is 5.17 Å². The van der Waals surface area contributed by atoms with E-state index >= 15 is 0 Å². The number of thioether (sulfide) groups is 1. The second kappa shape index (κ2) is 4.21. The first kappa shape index (κ1) is 11.4. The van der Waals surface area contributed by atoms with Crippen molar-refractivity contribution in [1.82, 2.24) is 5.32 Å². The molecule has 0 aromatic carbocycles. The van der Waals surface area contributed by atoms with Gasteiger partial charge in [0.2, 0.25) is 5.91 Å². The number of hydrogen-bond donors (Lipinski definition) is 2. The molecule has 2 atom stereocenters. The zero-order chi connectivity index (χ0) is 10.8. The van der Waals surface area contributed by atoms with Gasteiger partial charge in [-0.1, -0.05) is 18.7 Å². The fraction of sp³-hybridized carbons (Fsp3) is 0.778. The van der Waals surface area contributed by atoms with E-state index in [1.807, 2.05) is 6.92 Å². The molecule has 80 valence electrons. The third kappa shape index (κ3) is 2.41. The van der Waals surface area contributed by atoms with Crippen LogP contribution in [0.2, 0.25) is 0 Å². The fourth-order valence-corrected chi connectivity index (χ4v) is 2.13. The summed E-state index contributed by atoms with van der Waals surface area (Å²) in [5.41, 5.74) is 4.66. The number of hydrogen-bond acceptors (Lipinski definition) is 4. The van der Waals surface area contributed by atoms with Gasteiger partial charge in [-0.15, -0.1) is 0 Å². The van der Waals surface area contributed by atoms with Crippen LogP contribution in [0.1, 0.15) is 27.2 Å². The molecular formula is C9H17N3OS.